The molecule has 2 aromatic heterocycles. The third-order valence-electron chi connectivity index (χ3n) is 4.09. The molecule has 0 bridgehead atoms. The lowest BCUT2D eigenvalue weighted by Gasteiger charge is -2.01. The summed E-state index contributed by atoms with van der Waals surface area (Å²) in [5.41, 5.74) is 1.94. The molecule has 0 amide bonds. The van der Waals surface area contributed by atoms with Crippen LogP contribution in [-0.4, -0.2) is 24.0 Å². The molecule has 0 unspecified atom stereocenters. The molecule has 0 aliphatic rings. The van der Waals surface area contributed by atoms with Crippen molar-refractivity contribution in [2.45, 2.75) is 13.5 Å². The highest BCUT2D eigenvalue weighted by atomic mass is 32.1. The van der Waals surface area contributed by atoms with Crippen LogP contribution in [0.15, 0.2) is 47.0 Å². The van der Waals surface area contributed by atoms with Gasteiger partial charge in [-0.05, 0) is 41.9 Å². The van der Waals surface area contributed by atoms with E-state index in [1.54, 1.807) is 31.4 Å². The van der Waals surface area contributed by atoms with Crippen LogP contribution in [0.3, 0.4) is 0 Å². The van der Waals surface area contributed by atoms with Gasteiger partial charge in [0.25, 0.3) is 5.69 Å². The third-order valence-corrected chi connectivity index (χ3v) is 5.07. The average molecular weight is 398 g/mol. The van der Waals surface area contributed by atoms with Crippen molar-refractivity contribution >= 4 is 26.7 Å². The molecule has 0 aliphatic carbocycles. The first-order valence-electron chi connectivity index (χ1n) is 8.67. The fraction of sp³-hybridized carbons (Fsp3) is 0.211. The number of nitrogens with one attached hydrogen (secondary N) is 1. The Morgan fingerprint density at radius 2 is 1.96 bits per heavy atom. The monoisotopic (exact) mass is 398 g/mol. The summed E-state index contributed by atoms with van der Waals surface area (Å²) in [4.78, 5) is 4.54. The number of fused-ring (bicyclic) bond motifs is 1. The van der Waals surface area contributed by atoms with Crippen LogP contribution in [0, 0.1) is 0 Å². The van der Waals surface area contributed by atoms with Crippen LogP contribution in [0.2, 0.25) is 0 Å². The van der Waals surface area contributed by atoms with E-state index >= 15 is 0 Å². The molecule has 9 heteroatoms. The van der Waals surface area contributed by atoms with Crippen LogP contribution in [0.25, 0.3) is 15.9 Å². The van der Waals surface area contributed by atoms with Gasteiger partial charge in [-0.15, -0.1) is 0 Å². The summed E-state index contributed by atoms with van der Waals surface area (Å²) in [6, 6.07) is 13.0. The van der Waals surface area contributed by atoms with E-state index in [2.05, 4.69) is 15.6 Å². The minimum absolute atomic E-state index is 0.229. The Bertz CT molecular complexity index is 1090. The molecule has 0 aliphatic heterocycles. The van der Waals surface area contributed by atoms with Crippen molar-refractivity contribution in [2.75, 3.05) is 19.0 Å². The van der Waals surface area contributed by atoms with E-state index in [4.69, 9.17) is 14.0 Å². The van der Waals surface area contributed by atoms with E-state index in [-0.39, 0.29) is 6.54 Å². The van der Waals surface area contributed by atoms with Crippen molar-refractivity contribution in [2.24, 2.45) is 0 Å². The summed E-state index contributed by atoms with van der Waals surface area (Å²) in [6.07, 6.45) is 0. The van der Waals surface area contributed by atoms with Gasteiger partial charge in [0.2, 0.25) is 5.69 Å². The molecule has 2 aromatic carbocycles. The molecular formula is C19H18N4O4S. The van der Waals surface area contributed by atoms with E-state index in [0.717, 1.165) is 21.7 Å². The molecule has 144 valence electrons. The zero-order chi connectivity index (χ0) is 19.5. The Balaban J connectivity index is 1.55. The smallest absolute Gasteiger partial charge is 0.259 e. The van der Waals surface area contributed by atoms with Crippen molar-refractivity contribution in [1.82, 2.24) is 10.3 Å². The molecule has 0 radical (unpaired) electrons. The summed E-state index contributed by atoms with van der Waals surface area (Å²) in [5, 5.41) is 19.8. The lowest BCUT2D eigenvalue weighted by molar-refractivity contribution is -0.677. The molecule has 1 N–H and O–H groups in total. The summed E-state index contributed by atoms with van der Waals surface area (Å²) in [7, 11) is 1.60. The molecule has 0 saturated carbocycles. The van der Waals surface area contributed by atoms with Gasteiger partial charge in [-0.1, -0.05) is 11.3 Å². The quantitative estimate of drug-likeness (QED) is 0.478. The summed E-state index contributed by atoms with van der Waals surface area (Å²) >= 11 is 1.49. The number of rotatable bonds is 7. The van der Waals surface area contributed by atoms with E-state index in [1.165, 1.54) is 16.0 Å². The van der Waals surface area contributed by atoms with Crippen molar-refractivity contribution < 1.29 is 23.8 Å². The minimum Gasteiger partial charge on any atom is -0.539 e. The summed E-state index contributed by atoms with van der Waals surface area (Å²) < 4.78 is 18.0. The lowest BCUT2D eigenvalue weighted by Crippen LogP contribution is -2.37. The Morgan fingerprint density at radius 1 is 1.18 bits per heavy atom. The maximum absolute atomic E-state index is 12.1. The van der Waals surface area contributed by atoms with Gasteiger partial charge in [-0.2, -0.15) is 0 Å². The predicted octanol–water partition coefficient (Wildman–Crippen LogP) is 2.65. The van der Waals surface area contributed by atoms with Crippen molar-refractivity contribution in [3.05, 3.63) is 48.2 Å². The predicted molar refractivity (Wildman–Crippen MR) is 102 cm³/mol. The maximum atomic E-state index is 12.1. The standard InChI is InChI=1S/C19H18N4O4S/c1-3-26-14-8-9-15-17(10-14)28-19(21-15)20-11-16-18(24)27-22-23(16)12-4-6-13(25-2)7-5-12/h4-10H,3,11H2,1-2H3,(H-,20,21,22,24). The average Bonchev–Trinajstić information content (AvgIpc) is 3.29. The number of aromatic nitrogens is 3. The van der Waals surface area contributed by atoms with Crippen LogP contribution in [0.5, 0.6) is 17.4 Å². The van der Waals surface area contributed by atoms with Gasteiger partial charge < -0.3 is 24.4 Å². The molecule has 0 fully saturated rings. The van der Waals surface area contributed by atoms with Crippen molar-refractivity contribution in [3.8, 4) is 23.1 Å². The highest BCUT2D eigenvalue weighted by molar-refractivity contribution is 7.22. The molecule has 0 saturated heterocycles. The van der Waals surface area contributed by atoms with E-state index in [1.807, 2.05) is 25.1 Å². The highest BCUT2D eigenvalue weighted by Crippen LogP contribution is 2.29. The van der Waals surface area contributed by atoms with Crippen LogP contribution < -0.4 is 24.6 Å². The van der Waals surface area contributed by atoms with E-state index < -0.39 is 5.95 Å². The van der Waals surface area contributed by atoms with Gasteiger partial charge in [0.15, 0.2) is 11.1 Å². The second-order valence-corrected chi connectivity index (χ2v) is 6.88. The minimum atomic E-state index is -0.497. The number of methoxy groups -OCH3 is 1. The zero-order valence-corrected chi connectivity index (χ0v) is 16.2. The second-order valence-electron chi connectivity index (χ2n) is 5.85. The van der Waals surface area contributed by atoms with Crippen LogP contribution in [-0.2, 0) is 6.54 Å². The van der Waals surface area contributed by atoms with E-state index in [0.29, 0.717) is 23.1 Å². The molecule has 0 atom stereocenters. The molecule has 4 aromatic rings. The Kier molecular flexibility index (Phi) is 4.98. The molecule has 2 heterocycles. The van der Waals surface area contributed by atoms with Crippen LogP contribution in [0.4, 0.5) is 5.13 Å². The summed E-state index contributed by atoms with van der Waals surface area (Å²) in [5.74, 6) is 1.03. The SMILES string of the molecule is CCOc1ccc2nc(NCc3c([O-])on[n+]3-c3ccc(OC)cc3)sc2c1. The number of ether oxygens (including phenoxy) is 2. The number of nitrogens with zero attached hydrogens (tertiary/aromatic N) is 3. The number of thiazole rings is 1. The Hall–Kier alpha value is -3.33. The van der Waals surface area contributed by atoms with Gasteiger partial charge in [-0.3, -0.25) is 0 Å². The largest absolute Gasteiger partial charge is 0.539 e. The van der Waals surface area contributed by atoms with Crippen LogP contribution >= 0.6 is 11.3 Å². The van der Waals surface area contributed by atoms with Crippen molar-refractivity contribution in [3.63, 3.8) is 0 Å². The zero-order valence-electron chi connectivity index (χ0n) is 15.3. The first-order valence-corrected chi connectivity index (χ1v) is 9.49. The number of anilines is 1. The molecule has 4 rings (SSSR count). The topological polar surface area (TPSA) is 96.3 Å². The molecular weight excluding hydrogens is 380 g/mol. The molecule has 0 spiro atoms. The number of hydrogen-bond acceptors (Lipinski definition) is 8. The highest BCUT2D eigenvalue weighted by Gasteiger charge is 2.20. The fourth-order valence-electron chi connectivity index (χ4n) is 2.74. The number of hydrogen-bond donors (Lipinski definition) is 1. The normalized spacial score (nSPS) is 10.9. The van der Waals surface area contributed by atoms with Gasteiger partial charge in [-0.25, -0.2) is 4.98 Å². The van der Waals surface area contributed by atoms with Gasteiger partial charge >= 0.3 is 0 Å². The lowest BCUT2D eigenvalue weighted by atomic mass is 10.3. The Labute approximate surface area is 164 Å². The van der Waals surface area contributed by atoms with Gasteiger partial charge in [0.1, 0.15) is 18.0 Å². The maximum Gasteiger partial charge on any atom is 0.259 e. The van der Waals surface area contributed by atoms with Crippen molar-refractivity contribution in [1.29, 1.82) is 0 Å². The van der Waals surface area contributed by atoms with Gasteiger partial charge in [0.05, 0.1) is 29.2 Å². The fourth-order valence-corrected chi connectivity index (χ4v) is 3.63. The molecule has 28 heavy (non-hydrogen) atoms. The first kappa shape index (κ1) is 18.1. The summed E-state index contributed by atoms with van der Waals surface area (Å²) in [6.45, 7) is 2.79. The third kappa shape index (κ3) is 3.56. The van der Waals surface area contributed by atoms with Crippen LogP contribution in [0.1, 0.15) is 12.6 Å². The first-order chi connectivity index (χ1) is 13.7. The number of benzene rings is 2. The van der Waals surface area contributed by atoms with E-state index in [9.17, 15) is 5.11 Å². The van der Waals surface area contributed by atoms with Gasteiger partial charge in [0, 0.05) is 12.1 Å². The Morgan fingerprint density at radius 3 is 2.71 bits per heavy atom. The second kappa shape index (κ2) is 7.73. The molecule has 8 nitrogen and oxygen atoms in total.